The van der Waals surface area contributed by atoms with Gasteiger partial charge < -0.3 is 5.21 Å². The van der Waals surface area contributed by atoms with Gasteiger partial charge in [0.2, 0.25) is 5.52 Å². The number of nitrogens with zero attached hydrogens (tertiary/aromatic N) is 1. The van der Waals surface area contributed by atoms with E-state index in [4.69, 9.17) is 5.21 Å². The van der Waals surface area contributed by atoms with Gasteiger partial charge in [0.1, 0.15) is 0 Å². The highest BCUT2D eigenvalue weighted by molar-refractivity contribution is 5.63. The number of rotatable bonds is 0. The highest BCUT2D eigenvalue weighted by Gasteiger charge is 2.12. The molecular formula is C5H5N4O3+. The highest BCUT2D eigenvalue weighted by Crippen LogP contribution is 1.88. The largest absolute Gasteiger partial charge is 0.420 e. The average molecular weight is 169 g/mol. The lowest BCUT2D eigenvalue weighted by Crippen LogP contribution is -2.34. The number of nitrogens with one attached hydrogen (secondary N) is 3. The fourth-order valence-electron chi connectivity index (χ4n) is 0.950. The Morgan fingerprint density at radius 3 is 3.00 bits per heavy atom. The Bertz CT molecular complexity index is 533. The van der Waals surface area contributed by atoms with Gasteiger partial charge in [0.15, 0.2) is 6.33 Å². The quantitative estimate of drug-likeness (QED) is 0.400. The maximum absolute atomic E-state index is 11.1. The predicted octanol–water partition coefficient (Wildman–Crippen LogP) is -1.93. The minimum absolute atomic E-state index is 0.00662. The zero-order valence-electron chi connectivity index (χ0n) is 5.79. The van der Waals surface area contributed by atoms with Crippen LogP contribution in [0, 0.1) is 0 Å². The molecule has 0 saturated heterocycles. The molecule has 2 aromatic heterocycles. The third-order valence-corrected chi connectivity index (χ3v) is 1.51. The first-order valence-electron chi connectivity index (χ1n) is 3.13. The molecule has 12 heavy (non-hydrogen) atoms. The van der Waals surface area contributed by atoms with E-state index in [1.165, 1.54) is 6.33 Å². The molecule has 0 amide bonds. The van der Waals surface area contributed by atoms with Gasteiger partial charge in [-0.15, -0.1) is 0 Å². The van der Waals surface area contributed by atoms with Crippen LogP contribution in [0.3, 0.4) is 0 Å². The lowest BCUT2D eigenvalue weighted by Gasteiger charge is -1.87. The van der Waals surface area contributed by atoms with Crippen LogP contribution in [0.25, 0.3) is 11.2 Å². The number of H-pyrrole nitrogens is 3. The van der Waals surface area contributed by atoms with Crippen molar-refractivity contribution in [3.63, 3.8) is 0 Å². The van der Waals surface area contributed by atoms with Gasteiger partial charge in [0.05, 0.1) is 0 Å². The van der Waals surface area contributed by atoms with Crippen molar-refractivity contribution in [1.82, 2.24) is 14.7 Å². The normalized spacial score (nSPS) is 10.7. The number of aromatic amines is 3. The third kappa shape index (κ3) is 0.669. The smallest absolute Gasteiger partial charge is 0.420 e. The van der Waals surface area contributed by atoms with E-state index in [0.717, 1.165) is 0 Å². The molecule has 0 aromatic carbocycles. The van der Waals surface area contributed by atoms with Crippen molar-refractivity contribution in [2.75, 3.05) is 0 Å². The summed E-state index contributed by atoms with van der Waals surface area (Å²) in [6, 6.07) is 0. The first-order chi connectivity index (χ1) is 5.70. The zero-order chi connectivity index (χ0) is 8.72. The summed E-state index contributed by atoms with van der Waals surface area (Å²) in [5, 5.41) is 8.85. The summed E-state index contributed by atoms with van der Waals surface area (Å²) in [5.41, 5.74) is -1.27. The van der Waals surface area contributed by atoms with Crippen LogP contribution in [0.2, 0.25) is 0 Å². The Balaban J connectivity index is 3.16. The summed E-state index contributed by atoms with van der Waals surface area (Å²) >= 11 is 0. The van der Waals surface area contributed by atoms with Crippen molar-refractivity contribution >= 4 is 11.2 Å². The molecule has 0 saturated carbocycles. The van der Waals surface area contributed by atoms with Gasteiger partial charge in [-0.2, -0.15) is 0 Å². The summed E-state index contributed by atoms with van der Waals surface area (Å²) in [6.45, 7) is 0. The Hall–Kier alpha value is -2.05. The zero-order valence-corrected chi connectivity index (χ0v) is 5.79. The van der Waals surface area contributed by atoms with Crippen LogP contribution < -0.4 is 16.2 Å². The summed E-state index contributed by atoms with van der Waals surface area (Å²) in [5.74, 6) is 0. The van der Waals surface area contributed by atoms with Gasteiger partial charge in [0.25, 0.3) is 5.65 Å². The highest BCUT2D eigenvalue weighted by atomic mass is 16.5. The minimum atomic E-state index is -0.872. The monoisotopic (exact) mass is 169 g/mol. The van der Waals surface area contributed by atoms with Gasteiger partial charge in [-0.1, -0.05) is 4.73 Å². The standard InChI is InChI=1S/C5H4N4O3/c10-4-2-3(7-1-6-2)8-5(11)9(4)12/h1,12H,(H,6,7)(H,8,11)/p+1. The first-order valence-corrected chi connectivity index (χ1v) is 3.13. The fraction of sp³-hybridized carbons (Fsp3) is 0. The van der Waals surface area contributed by atoms with E-state index in [9.17, 15) is 9.59 Å². The molecule has 0 aliphatic carbocycles. The second-order valence-corrected chi connectivity index (χ2v) is 2.23. The van der Waals surface area contributed by atoms with E-state index in [-0.39, 0.29) is 15.9 Å². The summed E-state index contributed by atoms with van der Waals surface area (Å²) < 4.78 is 0.00662. The number of imidazole rings is 1. The molecule has 0 fully saturated rings. The second-order valence-electron chi connectivity index (χ2n) is 2.23. The minimum Gasteiger partial charge on any atom is -0.420 e. The predicted molar refractivity (Wildman–Crippen MR) is 36.9 cm³/mol. The molecule has 0 aliphatic heterocycles. The second kappa shape index (κ2) is 1.97. The van der Waals surface area contributed by atoms with E-state index in [0.29, 0.717) is 0 Å². The molecule has 2 aromatic rings. The summed E-state index contributed by atoms with van der Waals surface area (Å²) in [7, 11) is 0. The lowest BCUT2D eigenvalue weighted by atomic mass is 10.5. The first kappa shape index (κ1) is 6.65. The topological polar surface area (TPSA) is 105 Å². The Labute approximate surface area is 64.3 Å². The Kier molecular flexibility index (Phi) is 1.09. The van der Waals surface area contributed by atoms with Crippen molar-refractivity contribution < 1.29 is 10.2 Å². The number of aromatic nitrogens is 4. The summed E-state index contributed by atoms with van der Waals surface area (Å²) in [4.78, 5) is 29.2. The van der Waals surface area contributed by atoms with E-state index in [2.05, 4.69) is 15.0 Å². The van der Waals surface area contributed by atoms with Gasteiger partial charge in [-0.25, -0.2) is 14.8 Å². The molecule has 2 rings (SSSR count). The van der Waals surface area contributed by atoms with Crippen LogP contribution >= 0.6 is 0 Å². The van der Waals surface area contributed by atoms with Crippen molar-refractivity contribution in [2.24, 2.45) is 0 Å². The van der Waals surface area contributed by atoms with E-state index >= 15 is 0 Å². The molecule has 0 bridgehead atoms. The number of hydrogen-bond acceptors (Lipinski definition) is 3. The van der Waals surface area contributed by atoms with Gasteiger partial charge in [0, 0.05) is 0 Å². The molecule has 0 aliphatic rings. The maximum atomic E-state index is 11.1. The molecule has 62 valence electrons. The summed E-state index contributed by atoms with van der Waals surface area (Å²) in [6.07, 6.45) is 1.38. The van der Waals surface area contributed by atoms with E-state index < -0.39 is 11.2 Å². The van der Waals surface area contributed by atoms with Gasteiger partial charge in [-0.05, 0) is 0 Å². The van der Waals surface area contributed by atoms with Crippen LogP contribution in [0.15, 0.2) is 15.9 Å². The molecule has 0 unspecified atom stereocenters. The van der Waals surface area contributed by atoms with Crippen LogP contribution in [0.5, 0.6) is 0 Å². The fourth-order valence-corrected chi connectivity index (χ4v) is 0.950. The Morgan fingerprint density at radius 1 is 1.50 bits per heavy atom. The number of hydrogen-bond donors (Lipinski definition) is 3. The van der Waals surface area contributed by atoms with Crippen LogP contribution in [0.4, 0.5) is 0 Å². The average Bonchev–Trinajstić information content (AvgIpc) is 2.48. The molecule has 0 radical (unpaired) electrons. The number of fused-ring (bicyclic) bond motifs is 1. The molecule has 7 nitrogen and oxygen atoms in total. The van der Waals surface area contributed by atoms with Crippen molar-refractivity contribution in [1.29, 1.82) is 0 Å². The van der Waals surface area contributed by atoms with Crippen LogP contribution in [0.1, 0.15) is 0 Å². The van der Waals surface area contributed by atoms with Crippen LogP contribution in [-0.2, 0) is 0 Å². The lowest BCUT2D eigenvalue weighted by molar-refractivity contribution is -0.347. The molecule has 0 atom stereocenters. The van der Waals surface area contributed by atoms with E-state index in [1.807, 2.05) is 0 Å². The molecule has 4 N–H and O–H groups in total. The van der Waals surface area contributed by atoms with Crippen LogP contribution in [-0.4, -0.2) is 19.9 Å². The maximum Gasteiger partial charge on any atom is 0.420 e. The van der Waals surface area contributed by atoms with Crippen molar-refractivity contribution in [3.05, 3.63) is 27.2 Å². The molecular weight excluding hydrogens is 164 g/mol. The van der Waals surface area contributed by atoms with Gasteiger partial charge in [-0.3, -0.25) is 9.78 Å². The van der Waals surface area contributed by atoms with Gasteiger partial charge >= 0.3 is 11.2 Å². The molecule has 2 heterocycles. The van der Waals surface area contributed by atoms with E-state index in [1.54, 1.807) is 0 Å². The Morgan fingerprint density at radius 2 is 2.25 bits per heavy atom. The SMILES string of the molecule is O=c1[nH]c2[nH+]c[nH]c2c(=O)n1O. The van der Waals surface area contributed by atoms with Crippen molar-refractivity contribution in [2.45, 2.75) is 0 Å². The van der Waals surface area contributed by atoms with Crippen molar-refractivity contribution in [3.8, 4) is 0 Å². The third-order valence-electron chi connectivity index (χ3n) is 1.51. The molecule has 7 heteroatoms. The molecule has 0 spiro atoms.